The van der Waals surface area contributed by atoms with Gasteiger partial charge in [-0.2, -0.15) is 0 Å². The normalized spacial score (nSPS) is 35.5. The quantitative estimate of drug-likeness (QED) is 0.862. The molecule has 3 aliphatic rings. The molecule has 3 fully saturated rings. The summed E-state index contributed by atoms with van der Waals surface area (Å²) in [4.78, 5) is 2.51. The van der Waals surface area contributed by atoms with Gasteiger partial charge in [0.1, 0.15) is 0 Å². The van der Waals surface area contributed by atoms with E-state index < -0.39 is 0 Å². The molecule has 2 aliphatic carbocycles. The summed E-state index contributed by atoms with van der Waals surface area (Å²) in [6.45, 7) is 3.20. The minimum absolute atomic E-state index is 0.406. The lowest BCUT2D eigenvalue weighted by Gasteiger charge is -2.29. The van der Waals surface area contributed by atoms with Gasteiger partial charge in [-0.15, -0.1) is 5.10 Å². The monoisotopic (exact) mass is 262 g/mol. The molecule has 1 aromatic rings. The van der Waals surface area contributed by atoms with E-state index in [0.29, 0.717) is 18.0 Å². The summed E-state index contributed by atoms with van der Waals surface area (Å²) < 4.78 is 2.03. The number of hydrogen-bond donors (Lipinski definition) is 1. The van der Waals surface area contributed by atoms with Gasteiger partial charge in [0.2, 0.25) is 0 Å². The third-order valence-electron chi connectivity index (χ3n) is 5.05. The third kappa shape index (κ3) is 2.17. The van der Waals surface area contributed by atoms with E-state index in [9.17, 15) is 0 Å². The van der Waals surface area contributed by atoms with Gasteiger partial charge in [0.15, 0.2) is 5.82 Å². The van der Waals surface area contributed by atoms with Gasteiger partial charge >= 0.3 is 0 Å². The van der Waals surface area contributed by atoms with Gasteiger partial charge < -0.3 is 5.73 Å². The summed E-state index contributed by atoms with van der Waals surface area (Å²) in [7, 11) is 0. The number of nitrogens with two attached hydrogens (primary N) is 1. The van der Waals surface area contributed by atoms with Crippen molar-refractivity contribution in [1.29, 1.82) is 0 Å². The van der Waals surface area contributed by atoms with Crippen LogP contribution in [0.1, 0.15) is 44.0 Å². The van der Waals surface area contributed by atoms with Crippen LogP contribution in [0.2, 0.25) is 0 Å². The lowest BCUT2D eigenvalue weighted by Crippen LogP contribution is -2.38. The van der Waals surface area contributed by atoms with Crippen molar-refractivity contribution in [2.45, 2.75) is 50.7 Å². The molecule has 2 heterocycles. The van der Waals surface area contributed by atoms with Crippen molar-refractivity contribution in [3.05, 3.63) is 5.82 Å². The first-order chi connectivity index (χ1) is 9.31. The van der Waals surface area contributed by atoms with E-state index in [-0.39, 0.29) is 0 Å². The van der Waals surface area contributed by atoms with E-state index in [2.05, 4.69) is 20.4 Å². The number of aromatic nitrogens is 4. The molecule has 2 saturated carbocycles. The number of likely N-dealkylation sites (tertiary alicyclic amines) is 1. The third-order valence-corrected chi connectivity index (χ3v) is 5.05. The highest BCUT2D eigenvalue weighted by Crippen LogP contribution is 2.37. The van der Waals surface area contributed by atoms with Crippen molar-refractivity contribution in [3.63, 3.8) is 0 Å². The van der Waals surface area contributed by atoms with E-state index in [1.54, 1.807) is 0 Å². The molecule has 2 N–H and O–H groups in total. The molecule has 1 aromatic heterocycles. The summed E-state index contributed by atoms with van der Waals surface area (Å²) in [5.74, 6) is 2.53. The lowest BCUT2D eigenvalue weighted by atomic mass is 9.78. The molecular weight excluding hydrogens is 240 g/mol. The second-order valence-electron chi connectivity index (χ2n) is 6.48. The Morgan fingerprint density at radius 3 is 2.84 bits per heavy atom. The fourth-order valence-electron chi connectivity index (χ4n) is 3.86. The van der Waals surface area contributed by atoms with Crippen molar-refractivity contribution in [2.24, 2.45) is 17.6 Å². The van der Waals surface area contributed by atoms with Gasteiger partial charge in [-0.3, -0.25) is 4.90 Å². The maximum atomic E-state index is 6.27. The van der Waals surface area contributed by atoms with Gasteiger partial charge in [-0.1, -0.05) is 6.42 Å². The van der Waals surface area contributed by atoms with Crippen molar-refractivity contribution in [3.8, 4) is 0 Å². The fourth-order valence-corrected chi connectivity index (χ4v) is 3.86. The molecule has 6 heteroatoms. The van der Waals surface area contributed by atoms with E-state index in [0.717, 1.165) is 24.8 Å². The largest absolute Gasteiger partial charge is 0.327 e. The predicted molar refractivity (Wildman–Crippen MR) is 70.2 cm³/mol. The average molecular weight is 262 g/mol. The highest BCUT2D eigenvalue weighted by atomic mass is 15.6. The molecule has 0 amide bonds. The molecule has 1 saturated heterocycles. The fraction of sp³-hybridized carbons (Fsp3) is 0.923. The van der Waals surface area contributed by atoms with Gasteiger partial charge in [0.05, 0.1) is 12.6 Å². The second-order valence-corrected chi connectivity index (χ2v) is 6.48. The average Bonchev–Trinajstić information content (AvgIpc) is 2.99. The Morgan fingerprint density at radius 2 is 2.05 bits per heavy atom. The molecule has 3 unspecified atom stereocenters. The summed E-state index contributed by atoms with van der Waals surface area (Å²) in [5, 5.41) is 12.2. The van der Waals surface area contributed by atoms with Crippen LogP contribution in [-0.2, 0) is 6.54 Å². The van der Waals surface area contributed by atoms with Gasteiger partial charge in [0.25, 0.3) is 0 Å². The van der Waals surface area contributed by atoms with E-state index in [1.165, 1.54) is 38.6 Å². The number of tetrazole rings is 1. The SMILES string of the molecule is NC1CCCC2CN(Cc3nnnn3C3CC3)CC12. The van der Waals surface area contributed by atoms with Crippen molar-refractivity contribution in [1.82, 2.24) is 25.1 Å². The minimum atomic E-state index is 0.406. The molecular formula is C13H22N6. The summed E-state index contributed by atoms with van der Waals surface area (Å²) in [6.07, 6.45) is 6.32. The first-order valence-corrected chi connectivity index (χ1v) is 7.56. The van der Waals surface area contributed by atoms with Crippen LogP contribution in [0.3, 0.4) is 0 Å². The van der Waals surface area contributed by atoms with Crippen molar-refractivity contribution < 1.29 is 0 Å². The number of rotatable bonds is 3. The van der Waals surface area contributed by atoms with Crippen LogP contribution in [0.5, 0.6) is 0 Å². The molecule has 0 aromatic carbocycles. The molecule has 6 nitrogen and oxygen atoms in total. The number of hydrogen-bond acceptors (Lipinski definition) is 5. The molecule has 0 bridgehead atoms. The highest BCUT2D eigenvalue weighted by molar-refractivity contribution is 4.96. The molecule has 104 valence electrons. The summed E-state index contributed by atoms with van der Waals surface area (Å²) in [6, 6.07) is 0.973. The molecule has 4 rings (SSSR count). The van der Waals surface area contributed by atoms with Crippen LogP contribution in [-0.4, -0.2) is 44.2 Å². The van der Waals surface area contributed by atoms with Crippen molar-refractivity contribution in [2.75, 3.05) is 13.1 Å². The summed E-state index contributed by atoms with van der Waals surface area (Å²) >= 11 is 0. The Bertz CT molecular complexity index is 454. The van der Waals surface area contributed by atoms with Crippen molar-refractivity contribution >= 4 is 0 Å². The first-order valence-electron chi connectivity index (χ1n) is 7.56. The summed E-state index contributed by atoms with van der Waals surface area (Å²) in [5.41, 5.74) is 6.27. The standard InChI is InChI=1S/C13H22N6/c14-12-3-1-2-9-6-18(7-11(9)12)8-13-15-16-17-19(13)10-4-5-10/h9-12H,1-8,14H2. The number of fused-ring (bicyclic) bond motifs is 1. The predicted octanol–water partition coefficient (Wildman–Crippen LogP) is 0.567. The smallest absolute Gasteiger partial charge is 0.165 e. The molecule has 19 heavy (non-hydrogen) atoms. The van der Waals surface area contributed by atoms with Gasteiger partial charge in [0, 0.05) is 19.1 Å². The molecule has 3 atom stereocenters. The Hall–Kier alpha value is -1.01. The highest BCUT2D eigenvalue weighted by Gasteiger charge is 2.39. The van der Waals surface area contributed by atoms with Gasteiger partial charge in [-0.25, -0.2) is 4.68 Å². The first kappa shape index (κ1) is 11.8. The maximum Gasteiger partial charge on any atom is 0.165 e. The van der Waals surface area contributed by atoms with Crippen LogP contribution < -0.4 is 5.73 Å². The zero-order valence-electron chi connectivity index (χ0n) is 11.3. The molecule has 1 aliphatic heterocycles. The second kappa shape index (κ2) is 4.52. The van der Waals surface area contributed by atoms with E-state index in [4.69, 9.17) is 5.73 Å². The Kier molecular flexibility index (Phi) is 2.81. The zero-order valence-corrected chi connectivity index (χ0v) is 11.3. The number of nitrogens with zero attached hydrogens (tertiary/aromatic N) is 5. The minimum Gasteiger partial charge on any atom is -0.327 e. The van der Waals surface area contributed by atoms with E-state index >= 15 is 0 Å². The van der Waals surface area contributed by atoms with Gasteiger partial charge in [-0.05, 0) is 47.9 Å². The Balaban J connectivity index is 1.45. The zero-order chi connectivity index (χ0) is 12.8. The van der Waals surface area contributed by atoms with Crippen LogP contribution in [0.4, 0.5) is 0 Å². The Labute approximate surface area is 113 Å². The van der Waals surface area contributed by atoms with E-state index in [1.807, 2.05) is 4.68 Å². The molecule has 0 radical (unpaired) electrons. The lowest BCUT2D eigenvalue weighted by molar-refractivity contribution is 0.258. The van der Waals surface area contributed by atoms with Crippen LogP contribution in [0.15, 0.2) is 0 Å². The Morgan fingerprint density at radius 1 is 1.16 bits per heavy atom. The maximum absolute atomic E-state index is 6.27. The topological polar surface area (TPSA) is 72.9 Å². The van der Waals surface area contributed by atoms with Crippen LogP contribution >= 0.6 is 0 Å². The van der Waals surface area contributed by atoms with Crippen LogP contribution in [0, 0.1) is 11.8 Å². The van der Waals surface area contributed by atoms with Crippen LogP contribution in [0.25, 0.3) is 0 Å². The molecule has 0 spiro atoms.